The Hall–Kier alpha value is -5.66. The first-order valence-corrected chi connectivity index (χ1v) is 16.1. The molecule has 1 nitrogen and oxygen atoms in total. The van der Waals surface area contributed by atoms with E-state index in [1.807, 2.05) is 6.07 Å². The van der Waals surface area contributed by atoms with E-state index in [2.05, 4.69) is 153 Å². The van der Waals surface area contributed by atoms with Crippen LogP contribution in [-0.4, -0.2) is 0 Å². The number of hydrogen-bond acceptors (Lipinski definition) is 1. The fourth-order valence-electron chi connectivity index (χ4n) is 8.47. The van der Waals surface area contributed by atoms with Gasteiger partial charge in [0.05, 0.1) is 0 Å². The lowest BCUT2D eigenvalue weighted by atomic mass is 9.79. The van der Waals surface area contributed by atoms with Gasteiger partial charge in [-0.3, -0.25) is 0 Å². The van der Waals surface area contributed by atoms with Crippen LogP contribution in [0.15, 0.2) is 150 Å². The molecule has 0 radical (unpaired) electrons. The van der Waals surface area contributed by atoms with Crippen molar-refractivity contribution in [1.29, 1.82) is 0 Å². The van der Waals surface area contributed by atoms with Gasteiger partial charge in [0.2, 0.25) is 0 Å². The first-order chi connectivity index (χ1) is 22.6. The van der Waals surface area contributed by atoms with Crippen molar-refractivity contribution in [3.8, 4) is 33.4 Å². The Morgan fingerprint density at radius 1 is 0.435 bits per heavy atom. The molecule has 1 aromatic heterocycles. The maximum Gasteiger partial charge on any atom is 0.136 e. The molecule has 0 N–H and O–H groups in total. The lowest BCUT2D eigenvalue weighted by Crippen LogP contribution is -2.15. The molecule has 0 fully saturated rings. The monoisotopic (exact) mass is 586 g/mol. The van der Waals surface area contributed by atoms with E-state index in [4.69, 9.17) is 4.42 Å². The Morgan fingerprint density at radius 3 is 1.76 bits per heavy atom. The average Bonchev–Trinajstić information content (AvgIpc) is 3.59. The molecule has 0 saturated heterocycles. The smallest absolute Gasteiger partial charge is 0.136 e. The Balaban J connectivity index is 1.28. The Kier molecular flexibility index (Phi) is 5.12. The molecule has 8 aromatic carbocycles. The van der Waals surface area contributed by atoms with Crippen LogP contribution in [0.1, 0.15) is 25.0 Å². The van der Waals surface area contributed by atoms with E-state index in [1.54, 1.807) is 0 Å². The third-order valence-corrected chi connectivity index (χ3v) is 10.4. The van der Waals surface area contributed by atoms with Gasteiger partial charge in [0.25, 0.3) is 0 Å². The number of furan rings is 1. The largest absolute Gasteiger partial charge is 0.456 e. The van der Waals surface area contributed by atoms with Crippen molar-refractivity contribution in [1.82, 2.24) is 0 Å². The van der Waals surface area contributed by atoms with Gasteiger partial charge in [0.1, 0.15) is 11.2 Å². The second-order valence-electron chi connectivity index (χ2n) is 13.2. The summed E-state index contributed by atoms with van der Waals surface area (Å²) in [6.07, 6.45) is 0. The van der Waals surface area contributed by atoms with E-state index in [1.165, 1.54) is 82.2 Å². The van der Waals surface area contributed by atoms with E-state index < -0.39 is 0 Å². The third-order valence-electron chi connectivity index (χ3n) is 10.4. The highest BCUT2D eigenvalue weighted by atomic mass is 16.3. The molecule has 0 spiro atoms. The molecule has 9 aromatic rings. The predicted molar refractivity (Wildman–Crippen MR) is 195 cm³/mol. The minimum absolute atomic E-state index is 0.120. The molecule has 1 aliphatic carbocycles. The van der Waals surface area contributed by atoms with Gasteiger partial charge >= 0.3 is 0 Å². The quantitative estimate of drug-likeness (QED) is 0.184. The molecule has 10 rings (SSSR count). The fraction of sp³-hybridized carbons (Fsp3) is 0.0667. The minimum atomic E-state index is -0.120. The summed E-state index contributed by atoms with van der Waals surface area (Å²) in [6, 6.07) is 53.3. The number of para-hydroxylation sites is 1. The summed E-state index contributed by atoms with van der Waals surface area (Å²) in [6.45, 7) is 4.78. The number of hydrogen-bond donors (Lipinski definition) is 0. The van der Waals surface area contributed by atoms with E-state index in [0.29, 0.717) is 0 Å². The summed E-state index contributed by atoms with van der Waals surface area (Å²) < 4.78 is 6.35. The van der Waals surface area contributed by atoms with Crippen molar-refractivity contribution < 1.29 is 4.42 Å². The topological polar surface area (TPSA) is 13.1 Å². The first kappa shape index (κ1) is 25.6. The van der Waals surface area contributed by atoms with Crippen molar-refractivity contribution in [2.24, 2.45) is 0 Å². The van der Waals surface area contributed by atoms with Crippen LogP contribution in [0, 0.1) is 0 Å². The lowest BCUT2D eigenvalue weighted by molar-refractivity contribution is 0.666. The lowest BCUT2D eigenvalue weighted by Gasteiger charge is -2.24. The molecule has 46 heavy (non-hydrogen) atoms. The van der Waals surface area contributed by atoms with Crippen molar-refractivity contribution in [3.63, 3.8) is 0 Å². The second-order valence-corrected chi connectivity index (χ2v) is 13.2. The Morgan fingerprint density at radius 2 is 1.02 bits per heavy atom. The second kappa shape index (κ2) is 9.19. The molecule has 0 atom stereocenters. The average molecular weight is 587 g/mol. The third kappa shape index (κ3) is 3.35. The van der Waals surface area contributed by atoms with Crippen LogP contribution in [0.4, 0.5) is 0 Å². The van der Waals surface area contributed by atoms with Crippen LogP contribution in [0.25, 0.3) is 87.6 Å². The fourth-order valence-corrected chi connectivity index (χ4v) is 8.47. The zero-order chi connectivity index (χ0) is 30.6. The molecule has 0 unspecified atom stereocenters. The summed E-state index contributed by atoms with van der Waals surface area (Å²) in [5, 5.41) is 10.0. The van der Waals surface area contributed by atoms with Gasteiger partial charge < -0.3 is 4.42 Å². The Labute approximate surface area is 267 Å². The molecular formula is C45H30O. The van der Waals surface area contributed by atoms with Gasteiger partial charge in [-0.1, -0.05) is 141 Å². The number of benzene rings is 8. The maximum absolute atomic E-state index is 6.35. The zero-order valence-corrected chi connectivity index (χ0v) is 25.8. The summed E-state index contributed by atoms with van der Waals surface area (Å²) >= 11 is 0. The highest BCUT2D eigenvalue weighted by molar-refractivity contribution is 6.25. The van der Waals surface area contributed by atoms with Crippen LogP contribution in [0.5, 0.6) is 0 Å². The van der Waals surface area contributed by atoms with Crippen molar-refractivity contribution >= 4 is 54.3 Å². The molecule has 1 aliphatic rings. The molecule has 0 bridgehead atoms. The summed E-state index contributed by atoms with van der Waals surface area (Å²) in [5.41, 5.74) is 12.3. The van der Waals surface area contributed by atoms with Gasteiger partial charge in [0, 0.05) is 16.2 Å². The molecular weight excluding hydrogens is 556 g/mol. The standard InChI is InChI=1S/C45H30O/c1-45(2)38-26-28(23-24-30(38)35-25-22-27-12-3-4-13-29(27)44(35)45)41-31-14-5-7-16-33(31)42(34-17-8-6-15-32(34)41)37-19-11-21-40-43(37)36-18-9-10-20-39(36)46-40/h3-26H,1-2H3. The van der Waals surface area contributed by atoms with Gasteiger partial charge in [-0.05, 0) is 95.0 Å². The maximum atomic E-state index is 6.35. The highest BCUT2D eigenvalue weighted by Crippen LogP contribution is 2.53. The van der Waals surface area contributed by atoms with Crippen LogP contribution in [0.2, 0.25) is 0 Å². The van der Waals surface area contributed by atoms with E-state index in [-0.39, 0.29) is 5.41 Å². The first-order valence-electron chi connectivity index (χ1n) is 16.1. The molecule has 1 heteroatoms. The Bertz CT molecular complexity index is 2660. The summed E-state index contributed by atoms with van der Waals surface area (Å²) in [5.74, 6) is 0. The van der Waals surface area contributed by atoms with Gasteiger partial charge in [-0.2, -0.15) is 0 Å². The van der Waals surface area contributed by atoms with E-state index in [0.717, 1.165) is 16.6 Å². The van der Waals surface area contributed by atoms with Crippen LogP contribution >= 0.6 is 0 Å². The predicted octanol–water partition coefficient (Wildman–Crippen LogP) is 12.7. The molecule has 0 amide bonds. The van der Waals surface area contributed by atoms with Crippen molar-refractivity contribution in [3.05, 3.63) is 157 Å². The number of rotatable bonds is 2. The number of fused-ring (bicyclic) bond motifs is 10. The summed E-state index contributed by atoms with van der Waals surface area (Å²) in [7, 11) is 0. The van der Waals surface area contributed by atoms with Crippen molar-refractivity contribution in [2.45, 2.75) is 19.3 Å². The zero-order valence-electron chi connectivity index (χ0n) is 25.8. The van der Waals surface area contributed by atoms with Gasteiger partial charge in [-0.25, -0.2) is 0 Å². The molecule has 0 saturated carbocycles. The van der Waals surface area contributed by atoms with Crippen LogP contribution in [0.3, 0.4) is 0 Å². The molecule has 216 valence electrons. The van der Waals surface area contributed by atoms with Crippen LogP contribution < -0.4 is 0 Å². The van der Waals surface area contributed by atoms with Gasteiger partial charge in [-0.15, -0.1) is 0 Å². The van der Waals surface area contributed by atoms with Crippen LogP contribution in [-0.2, 0) is 5.41 Å². The highest BCUT2D eigenvalue weighted by Gasteiger charge is 2.37. The SMILES string of the molecule is CC1(C)c2cc(-c3c4ccccc4c(-c4cccc5oc6ccccc6c45)c4ccccc34)ccc2-c2ccc3ccccc3c21. The van der Waals surface area contributed by atoms with E-state index >= 15 is 0 Å². The van der Waals surface area contributed by atoms with E-state index in [9.17, 15) is 0 Å². The normalized spacial score (nSPS) is 13.6. The summed E-state index contributed by atoms with van der Waals surface area (Å²) in [4.78, 5) is 0. The minimum Gasteiger partial charge on any atom is -0.456 e. The molecule has 1 heterocycles. The molecule has 0 aliphatic heterocycles. The van der Waals surface area contributed by atoms with Crippen molar-refractivity contribution in [2.75, 3.05) is 0 Å². The van der Waals surface area contributed by atoms with Gasteiger partial charge in [0.15, 0.2) is 0 Å².